The molecule has 3 N–H and O–H groups in total. The highest BCUT2D eigenvalue weighted by Gasteiger charge is 2.82. The maximum Gasteiger partial charge on any atom is 0.315 e. The third-order valence-corrected chi connectivity index (χ3v) is 5.64. The van der Waals surface area contributed by atoms with Gasteiger partial charge >= 0.3 is 5.97 Å². The second-order valence-corrected chi connectivity index (χ2v) is 5.81. The van der Waals surface area contributed by atoms with Crippen LogP contribution < -0.4 is 5.73 Å². The number of quaternary nitrogens is 1. The number of esters is 1. The normalized spacial score (nSPS) is 62.3. The molecule has 0 aromatic heterocycles. The van der Waals surface area contributed by atoms with Crippen LogP contribution in [-0.4, -0.2) is 18.6 Å². The molecule has 0 radical (unpaired) electrons. The molecule has 0 aromatic carbocycles. The zero-order chi connectivity index (χ0) is 10.3. The number of hydrogen-bond acceptors (Lipinski definition) is 2. The summed E-state index contributed by atoms with van der Waals surface area (Å²) in [5.41, 5.74) is 4.26. The third kappa shape index (κ3) is 0.748. The van der Waals surface area contributed by atoms with Gasteiger partial charge in [0.2, 0.25) is 0 Å². The summed E-state index contributed by atoms with van der Waals surface area (Å²) in [4.78, 5) is 11.9. The molecule has 6 unspecified atom stereocenters. The summed E-state index contributed by atoms with van der Waals surface area (Å²) in [5.74, 6) is 5.30. The number of carbonyl (C=O) groups is 1. The Morgan fingerprint density at radius 2 is 1.93 bits per heavy atom. The third-order valence-electron chi connectivity index (χ3n) is 5.64. The van der Waals surface area contributed by atoms with Gasteiger partial charge in [0.25, 0.3) is 0 Å². The first kappa shape index (κ1) is 8.57. The Bertz CT molecular complexity index is 343. The smallest absolute Gasteiger partial charge is 0.315 e. The van der Waals surface area contributed by atoms with Gasteiger partial charge in [-0.3, -0.25) is 4.79 Å². The van der Waals surface area contributed by atoms with Crippen molar-refractivity contribution < 1.29 is 15.3 Å². The van der Waals surface area contributed by atoms with Crippen molar-refractivity contribution in [3.8, 4) is 0 Å². The highest BCUT2D eigenvalue weighted by molar-refractivity contribution is 5.75. The van der Waals surface area contributed by atoms with Crippen molar-refractivity contribution >= 4 is 5.97 Å². The fraction of sp³-hybridized carbons (Fsp3) is 0.917. The van der Waals surface area contributed by atoms with Gasteiger partial charge < -0.3 is 10.5 Å². The van der Waals surface area contributed by atoms with Crippen LogP contribution >= 0.6 is 0 Å². The Hall–Kier alpha value is -0.570. The van der Waals surface area contributed by atoms with Gasteiger partial charge in [0.1, 0.15) is 12.0 Å². The van der Waals surface area contributed by atoms with Gasteiger partial charge in [0, 0.05) is 5.92 Å². The van der Waals surface area contributed by atoms with Gasteiger partial charge in [-0.05, 0) is 42.9 Å². The summed E-state index contributed by atoms with van der Waals surface area (Å²) in [7, 11) is 0. The van der Waals surface area contributed by atoms with Gasteiger partial charge in [0.15, 0.2) is 0 Å². The molecule has 5 saturated carbocycles. The van der Waals surface area contributed by atoms with E-state index in [0.717, 1.165) is 29.6 Å². The van der Waals surface area contributed by atoms with E-state index in [1.54, 1.807) is 0 Å². The SMILES string of the molecule is CCOC(=O)[C@@H]1C2C3CC4C2C4C3[C@@H]1[NH3+]. The summed E-state index contributed by atoms with van der Waals surface area (Å²) >= 11 is 0. The molecule has 0 aliphatic heterocycles. The molecule has 15 heavy (non-hydrogen) atoms. The minimum Gasteiger partial charge on any atom is -0.466 e. The minimum absolute atomic E-state index is 0.0426. The summed E-state index contributed by atoms with van der Waals surface area (Å²) in [6.45, 7) is 2.41. The number of hydrogen-bond donors (Lipinski definition) is 1. The van der Waals surface area contributed by atoms with E-state index in [1.165, 1.54) is 6.42 Å². The lowest BCUT2D eigenvalue weighted by Gasteiger charge is -2.22. The van der Waals surface area contributed by atoms with Crippen molar-refractivity contribution in [2.45, 2.75) is 19.4 Å². The van der Waals surface area contributed by atoms with Gasteiger partial charge in [-0.15, -0.1) is 0 Å². The van der Waals surface area contributed by atoms with Crippen molar-refractivity contribution in [1.29, 1.82) is 0 Å². The molecule has 0 aromatic rings. The minimum atomic E-state index is 0.0426. The fourth-order valence-corrected chi connectivity index (χ4v) is 5.49. The molecule has 5 rings (SSSR count). The standard InChI is InChI=1S/C12H17NO2/c1-2-15-12(14)10-8-5-3-4-6(8)7(4)9(5)11(10)13/h4-11H,2-3,13H2,1H3/p+1/t4?,5?,6?,7?,8?,9?,10-,11+/m1/s1. The van der Waals surface area contributed by atoms with E-state index in [-0.39, 0.29) is 11.9 Å². The highest BCUT2D eigenvalue weighted by Crippen LogP contribution is 2.81. The van der Waals surface area contributed by atoms with E-state index in [2.05, 4.69) is 5.73 Å². The first-order valence-corrected chi connectivity index (χ1v) is 6.25. The topological polar surface area (TPSA) is 53.9 Å². The molecular formula is C12H18NO2+. The predicted molar refractivity (Wildman–Crippen MR) is 52.4 cm³/mol. The number of carbonyl (C=O) groups excluding carboxylic acids is 1. The molecule has 3 heteroatoms. The van der Waals surface area contributed by atoms with Crippen LogP contribution in [0.1, 0.15) is 13.3 Å². The average Bonchev–Trinajstić information content (AvgIpc) is 2.57. The van der Waals surface area contributed by atoms with Gasteiger partial charge in [0.05, 0.1) is 6.61 Å². The summed E-state index contributed by atoms with van der Waals surface area (Å²) < 4.78 is 5.20. The predicted octanol–water partition coefficient (Wildman–Crippen LogP) is -0.0821. The van der Waals surface area contributed by atoms with Crippen LogP contribution in [0.2, 0.25) is 0 Å². The lowest BCUT2D eigenvalue weighted by molar-refractivity contribution is -0.441. The molecule has 0 amide bonds. The van der Waals surface area contributed by atoms with E-state index >= 15 is 0 Å². The van der Waals surface area contributed by atoms with Crippen molar-refractivity contribution in [3.63, 3.8) is 0 Å². The zero-order valence-electron chi connectivity index (χ0n) is 9.06. The summed E-state index contributed by atoms with van der Waals surface area (Å²) in [6, 6.07) is 0.354. The van der Waals surface area contributed by atoms with Gasteiger partial charge in [-0.2, -0.15) is 0 Å². The second kappa shape index (κ2) is 2.40. The van der Waals surface area contributed by atoms with Crippen molar-refractivity contribution in [2.75, 3.05) is 6.61 Å². The lowest BCUT2D eigenvalue weighted by atomic mass is 9.85. The van der Waals surface area contributed by atoms with Crippen LogP contribution in [-0.2, 0) is 9.53 Å². The fourth-order valence-electron chi connectivity index (χ4n) is 5.49. The maximum atomic E-state index is 11.9. The highest BCUT2D eigenvalue weighted by atomic mass is 16.5. The molecule has 3 nitrogen and oxygen atoms in total. The molecule has 5 fully saturated rings. The van der Waals surface area contributed by atoms with Gasteiger partial charge in [-0.25, -0.2) is 0 Å². The lowest BCUT2D eigenvalue weighted by Crippen LogP contribution is -2.68. The van der Waals surface area contributed by atoms with Crippen LogP contribution in [0.5, 0.6) is 0 Å². The Labute approximate surface area is 89.3 Å². The number of ether oxygens (including phenoxy) is 1. The first-order valence-electron chi connectivity index (χ1n) is 6.25. The number of rotatable bonds is 2. The Morgan fingerprint density at radius 1 is 1.27 bits per heavy atom. The van der Waals surface area contributed by atoms with E-state index in [4.69, 9.17) is 4.74 Å². The molecule has 6 bridgehead atoms. The van der Waals surface area contributed by atoms with Gasteiger partial charge in [-0.1, -0.05) is 0 Å². The van der Waals surface area contributed by atoms with E-state index in [1.807, 2.05) is 6.92 Å². The van der Waals surface area contributed by atoms with Crippen molar-refractivity contribution in [1.82, 2.24) is 0 Å². The van der Waals surface area contributed by atoms with Crippen LogP contribution in [0.4, 0.5) is 0 Å². The average molecular weight is 208 g/mol. The van der Waals surface area contributed by atoms with Crippen molar-refractivity contribution in [2.24, 2.45) is 41.4 Å². The van der Waals surface area contributed by atoms with E-state index < -0.39 is 0 Å². The molecule has 8 atom stereocenters. The van der Waals surface area contributed by atoms with Crippen LogP contribution in [0.3, 0.4) is 0 Å². The van der Waals surface area contributed by atoms with E-state index in [0.29, 0.717) is 18.6 Å². The quantitative estimate of drug-likeness (QED) is 0.645. The Kier molecular flexibility index (Phi) is 1.37. The van der Waals surface area contributed by atoms with E-state index in [9.17, 15) is 4.79 Å². The maximum absolute atomic E-state index is 11.9. The second-order valence-electron chi connectivity index (χ2n) is 5.81. The molecule has 0 saturated heterocycles. The zero-order valence-corrected chi connectivity index (χ0v) is 9.06. The summed E-state index contributed by atoms with van der Waals surface area (Å²) in [6.07, 6.45) is 1.40. The van der Waals surface area contributed by atoms with Crippen LogP contribution in [0.25, 0.3) is 0 Å². The van der Waals surface area contributed by atoms with Crippen LogP contribution in [0.15, 0.2) is 0 Å². The molecule has 5 aliphatic carbocycles. The monoisotopic (exact) mass is 208 g/mol. The molecule has 82 valence electrons. The Balaban J connectivity index is 1.65. The van der Waals surface area contributed by atoms with Crippen molar-refractivity contribution in [3.05, 3.63) is 0 Å². The molecular weight excluding hydrogens is 190 g/mol. The largest absolute Gasteiger partial charge is 0.466 e. The summed E-state index contributed by atoms with van der Waals surface area (Å²) in [5, 5.41) is 0. The first-order chi connectivity index (χ1) is 7.25. The molecule has 5 aliphatic rings. The van der Waals surface area contributed by atoms with Crippen LogP contribution in [0, 0.1) is 41.4 Å². The Morgan fingerprint density at radius 3 is 2.53 bits per heavy atom. The molecule has 0 heterocycles. The molecule has 0 spiro atoms.